The van der Waals surface area contributed by atoms with Crippen molar-refractivity contribution in [2.24, 2.45) is 5.41 Å². The van der Waals surface area contributed by atoms with Crippen LogP contribution in [0.2, 0.25) is 0 Å². The van der Waals surface area contributed by atoms with Crippen molar-refractivity contribution in [3.8, 4) is 0 Å². The summed E-state index contributed by atoms with van der Waals surface area (Å²) in [6.07, 6.45) is 2.17. The summed E-state index contributed by atoms with van der Waals surface area (Å²) < 4.78 is 25.5. The van der Waals surface area contributed by atoms with Crippen molar-refractivity contribution in [3.63, 3.8) is 0 Å². The maximum absolute atomic E-state index is 11.5. The number of benzene rings is 1. The van der Waals surface area contributed by atoms with E-state index in [4.69, 9.17) is 0 Å². The van der Waals surface area contributed by atoms with Gasteiger partial charge in [-0.25, -0.2) is 8.42 Å². The molecule has 1 aliphatic carbocycles. The van der Waals surface area contributed by atoms with Crippen molar-refractivity contribution in [3.05, 3.63) is 29.8 Å². The molecule has 5 nitrogen and oxygen atoms in total. The van der Waals surface area contributed by atoms with Crippen molar-refractivity contribution in [1.29, 1.82) is 0 Å². The zero-order chi connectivity index (χ0) is 15.5. The first-order chi connectivity index (χ1) is 9.90. The SMILES string of the molecule is CCS(=O)(=O)Nc1ccc(C(C)NCC2(CO)CC2)cc1. The van der Waals surface area contributed by atoms with Gasteiger partial charge in [0.05, 0.1) is 5.75 Å². The second kappa shape index (κ2) is 6.34. The average molecular weight is 312 g/mol. The molecule has 6 heteroatoms. The molecule has 0 heterocycles. The lowest BCUT2D eigenvalue weighted by Crippen LogP contribution is -2.28. The Morgan fingerprint density at radius 1 is 1.29 bits per heavy atom. The summed E-state index contributed by atoms with van der Waals surface area (Å²) in [6.45, 7) is 4.73. The molecule has 0 bridgehead atoms. The lowest BCUT2D eigenvalue weighted by molar-refractivity contribution is 0.204. The molecule has 0 aliphatic heterocycles. The molecule has 1 saturated carbocycles. The predicted molar refractivity (Wildman–Crippen MR) is 84.7 cm³/mol. The molecule has 3 N–H and O–H groups in total. The highest BCUT2D eigenvalue weighted by molar-refractivity contribution is 7.92. The monoisotopic (exact) mass is 312 g/mol. The molecule has 2 rings (SSSR count). The van der Waals surface area contributed by atoms with Gasteiger partial charge in [0.25, 0.3) is 0 Å². The molecule has 0 saturated heterocycles. The second-order valence-electron chi connectivity index (χ2n) is 5.89. The summed E-state index contributed by atoms with van der Waals surface area (Å²) in [7, 11) is -3.22. The molecule has 1 fully saturated rings. The van der Waals surface area contributed by atoms with E-state index in [1.807, 2.05) is 12.1 Å². The van der Waals surface area contributed by atoms with E-state index in [1.165, 1.54) is 0 Å². The van der Waals surface area contributed by atoms with Crippen LogP contribution < -0.4 is 10.0 Å². The average Bonchev–Trinajstić information content (AvgIpc) is 3.26. The quantitative estimate of drug-likeness (QED) is 0.685. The lowest BCUT2D eigenvalue weighted by atomic mass is 10.1. The van der Waals surface area contributed by atoms with Gasteiger partial charge >= 0.3 is 0 Å². The van der Waals surface area contributed by atoms with E-state index in [9.17, 15) is 13.5 Å². The van der Waals surface area contributed by atoms with Gasteiger partial charge in [0, 0.05) is 30.3 Å². The molecular weight excluding hydrogens is 288 g/mol. The minimum Gasteiger partial charge on any atom is -0.396 e. The highest BCUT2D eigenvalue weighted by Gasteiger charge is 2.41. The highest BCUT2D eigenvalue weighted by atomic mass is 32.2. The Kier molecular flexibility index (Phi) is 4.91. The number of aliphatic hydroxyl groups is 1. The summed E-state index contributed by atoms with van der Waals surface area (Å²) in [5.74, 6) is 0.0654. The molecule has 1 aliphatic rings. The zero-order valence-corrected chi connectivity index (χ0v) is 13.4. The molecule has 1 aromatic carbocycles. The molecule has 0 aromatic heterocycles. The van der Waals surface area contributed by atoms with Crippen LogP contribution >= 0.6 is 0 Å². The van der Waals surface area contributed by atoms with E-state index in [-0.39, 0.29) is 23.8 Å². The molecule has 118 valence electrons. The van der Waals surface area contributed by atoms with Crippen molar-refractivity contribution >= 4 is 15.7 Å². The van der Waals surface area contributed by atoms with Gasteiger partial charge in [0.15, 0.2) is 0 Å². The Balaban J connectivity index is 1.92. The van der Waals surface area contributed by atoms with Gasteiger partial charge in [-0.1, -0.05) is 12.1 Å². The number of anilines is 1. The largest absolute Gasteiger partial charge is 0.396 e. The molecule has 0 amide bonds. The summed E-state index contributed by atoms with van der Waals surface area (Å²) >= 11 is 0. The van der Waals surface area contributed by atoms with Crippen LogP contribution in [0.3, 0.4) is 0 Å². The van der Waals surface area contributed by atoms with Gasteiger partial charge in [0.2, 0.25) is 10.0 Å². The van der Waals surface area contributed by atoms with Crippen LogP contribution in [0.4, 0.5) is 5.69 Å². The van der Waals surface area contributed by atoms with E-state index in [2.05, 4.69) is 17.0 Å². The predicted octanol–water partition coefficient (Wildman–Crippen LogP) is 1.87. The smallest absolute Gasteiger partial charge is 0.232 e. The second-order valence-corrected chi connectivity index (χ2v) is 7.90. The molecule has 0 spiro atoms. The van der Waals surface area contributed by atoms with Crippen LogP contribution in [0.25, 0.3) is 0 Å². The lowest BCUT2D eigenvalue weighted by Gasteiger charge is -2.19. The van der Waals surface area contributed by atoms with E-state index in [0.29, 0.717) is 5.69 Å². The van der Waals surface area contributed by atoms with Crippen molar-refractivity contribution in [1.82, 2.24) is 5.32 Å². The van der Waals surface area contributed by atoms with E-state index in [1.54, 1.807) is 19.1 Å². The number of sulfonamides is 1. The zero-order valence-electron chi connectivity index (χ0n) is 12.6. The number of hydrogen-bond donors (Lipinski definition) is 3. The van der Waals surface area contributed by atoms with Gasteiger partial charge in [0.1, 0.15) is 0 Å². The third-order valence-electron chi connectivity index (χ3n) is 4.14. The van der Waals surface area contributed by atoms with E-state index in [0.717, 1.165) is 24.9 Å². The minimum atomic E-state index is -3.22. The molecule has 1 atom stereocenters. The third kappa shape index (κ3) is 4.43. The Morgan fingerprint density at radius 3 is 2.38 bits per heavy atom. The van der Waals surface area contributed by atoms with Crippen LogP contribution in [0.15, 0.2) is 24.3 Å². The van der Waals surface area contributed by atoms with Gasteiger partial charge < -0.3 is 10.4 Å². The fourth-order valence-corrected chi connectivity index (χ4v) is 2.79. The standard InChI is InChI=1S/C15H24N2O3S/c1-3-21(19,20)17-14-6-4-13(5-7-14)12(2)16-10-15(11-18)8-9-15/h4-7,12,16-18H,3,8-11H2,1-2H3. The number of rotatable bonds is 8. The minimum absolute atomic E-state index is 0.0654. The Hall–Kier alpha value is -1.11. The molecule has 21 heavy (non-hydrogen) atoms. The summed E-state index contributed by atoms with van der Waals surface area (Å²) in [4.78, 5) is 0. The number of hydrogen-bond acceptors (Lipinski definition) is 4. The Morgan fingerprint density at radius 2 is 1.90 bits per heavy atom. The normalized spacial score (nSPS) is 18.2. The molecular formula is C15H24N2O3S. The first kappa shape index (κ1) is 16.3. The Bertz CT molecular complexity index is 565. The van der Waals surface area contributed by atoms with Crippen LogP contribution in [0, 0.1) is 5.41 Å². The van der Waals surface area contributed by atoms with Gasteiger partial charge in [-0.3, -0.25) is 4.72 Å². The van der Waals surface area contributed by atoms with E-state index >= 15 is 0 Å². The first-order valence-electron chi connectivity index (χ1n) is 7.34. The fraction of sp³-hybridized carbons (Fsp3) is 0.600. The number of aliphatic hydroxyl groups excluding tert-OH is 1. The fourth-order valence-electron chi connectivity index (χ4n) is 2.15. The summed E-state index contributed by atoms with van der Waals surface area (Å²) in [5.41, 5.74) is 1.77. The van der Waals surface area contributed by atoms with Crippen molar-refractivity contribution < 1.29 is 13.5 Å². The summed E-state index contributed by atoms with van der Waals surface area (Å²) in [5, 5.41) is 12.7. The van der Waals surface area contributed by atoms with Crippen molar-refractivity contribution in [2.75, 3.05) is 23.6 Å². The molecule has 1 unspecified atom stereocenters. The van der Waals surface area contributed by atoms with Crippen molar-refractivity contribution in [2.45, 2.75) is 32.7 Å². The molecule has 1 aromatic rings. The van der Waals surface area contributed by atoms with Crippen LogP contribution in [-0.2, 0) is 10.0 Å². The topological polar surface area (TPSA) is 78.4 Å². The van der Waals surface area contributed by atoms with Gasteiger partial charge in [-0.2, -0.15) is 0 Å². The van der Waals surface area contributed by atoms with E-state index < -0.39 is 10.0 Å². The number of nitrogens with one attached hydrogen (secondary N) is 2. The third-order valence-corrected chi connectivity index (χ3v) is 5.45. The van der Waals surface area contributed by atoms with Crippen LogP contribution in [-0.4, -0.2) is 32.4 Å². The Labute approximate surface area is 126 Å². The van der Waals surface area contributed by atoms with Crippen LogP contribution in [0.5, 0.6) is 0 Å². The van der Waals surface area contributed by atoms with Crippen LogP contribution in [0.1, 0.15) is 38.3 Å². The molecule has 0 radical (unpaired) electrons. The first-order valence-corrected chi connectivity index (χ1v) is 9.00. The highest BCUT2D eigenvalue weighted by Crippen LogP contribution is 2.44. The maximum Gasteiger partial charge on any atom is 0.232 e. The maximum atomic E-state index is 11.5. The summed E-state index contributed by atoms with van der Waals surface area (Å²) in [6, 6.07) is 7.57. The van der Waals surface area contributed by atoms with Gasteiger partial charge in [-0.15, -0.1) is 0 Å². The van der Waals surface area contributed by atoms with Gasteiger partial charge in [-0.05, 0) is 44.4 Å².